The van der Waals surface area contributed by atoms with E-state index in [-0.39, 0.29) is 30.1 Å². The Bertz CT molecular complexity index is 516. The summed E-state index contributed by atoms with van der Waals surface area (Å²) in [6.07, 6.45) is 0.510. The van der Waals surface area contributed by atoms with Gasteiger partial charge in [-0.25, -0.2) is 0 Å². The summed E-state index contributed by atoms with van der Waals surface area (Å²) in [5, 5.41) is 8.88. The molecule has 0 spiro atoms. The summed E-state index contributed by atoms with van der Waals surface area (Å²) < 4.78 is 0. The summed E-state index contributed by atoms with van der Waals surface area (Å²) in [4.78, 5) is 23.5. The number of halogens is 1. The molecule has 1 aliphatic heterocycles. The van der Waals surface area contributed by atoms with Gasteiger partial charge in [0, 0.05) is 31.7 Å². The van der Waals surface area contributed by atoms with Crippen molar-refractivity contribution in [3.05, 3.63) is 29.8 Å². The summed E-state index contributed by atoms with van der Waals surface area (Å²) in [5.74, 6) is 0.539. The normalized spacial score (nSPS) is 14.0. The van der Waals surface area contributed by atoms with Gasteiger partial charge in [0.25, 0.3) is 0 Å². The molecule has 22 heavy (non-hydrogen) atoms. The zero-order valence-electron chi connectivity index (χ0n) is 13.0. The molecule has 0 bridgehead atoms. The molecule has 0 saturated carbocycles. The van der Waals surface area contributed by atoms with Crippen molar-refractivity contribution in [2.24, 2.45) is 11.8 Å². The molecule has 5 nitrogen and oxygen atoms in total. The van der Waals surface area contributed by atoms with Gasteiger partial charge in [-0.3, -0.25) is 9.59 Å². The molecule has 122 valence electrons. The molecule has 0 aliphatic carbocycles. The molecule has 1 aromatic carbocycles. The van der Waals surface area contributed by atoms with E-state index in [9.17, 15) is 9.59 Å². The van der Waals surface area contributed by atoms with E-state index in [1.54, 1.807) is 0 Å². The van der Waals surface area contributed by atoms with Crippen molar-refractivity contribution in [3.63, 3.8) is 0 Å². The van der Waals surface area contributed by atoms with Crippen LogP contribution in [0, 0.1) is 11.8 Å². The highest BCUT2D eigenvalue weighted by Crippen LogP contribution is 2.12. The molecule has 2 rings (SSSR count). The zero-order chi connectivity index (χ0) is 15.2. The van der Waals surface area contributed by atoms with Gasteiger partial charge in [-0.05, 0) is 23.6 Å². The average molecular weight is 326 g/mol. The first-order valence-electron chi connectivity index (χ1n) is 7.42. The van der Waals surface area contributed by atoms with Crippen molar-refractivity contribution in [1.29, 1.82) is 0 Å². The minimum atomic E-state index is 0. The lowest BCUT2D eigenvalue weighted by molar-refractivity contribution is -0.126. The fourth-order valence-electron chi connectivity index (χ4n) is 2.15. The van der Waals surface area contributed by atoms with Crippen LogP contribution in [0.4, 0.5) is 5.69 Å². The number of anilines is 1. The molecule has 2 amide bonds. The number of hydrogen-bond donors (Lipinski definition) is 3. The third-order valence-electron chi connectivity index (χ3n) is 3.42. The smallest absolute Gasteiger partial charge is 0.225 e. The molecule has 6 heteroatoms. The Labute approximate surface area is 137 Å². The largest absolute Gasteiger partial charge is 0.352 e. The molecule has 1 aromatic rings. The van der Waals surface area contributed by atoms with Crippen molar-refractivity contribution < 1.29 is 9.59 Å². The average Bonchev–Trinajstić information content (AvgIpc) is 2.33. The topological polar surface area (TPSA) is 70.2 Å². The Morgan fingerprint density at radius 1 is 1.32 bits per heavy atom. The maximum atomic E-state index is 11.8. The van der Waals surface area contributed by atoms with Crippen LogP contribution >= 0.6 is 12.4 Å². The third kappa shape index (κ3) is 5.66. The molecular formula is C16H24ClN3O2. The SMILES string of the molecule is CC(C)CC(=O)Nc1cccc(CNC(=O)C2CNC2)c1.Cl. The minimum Gasteiger partial charge on any atom is -0.352 e. The van der Waals surface area contributed by atoms with Crippen molar-refractivity contribution >= 4 is 29.9 Å². The predicted molar refractivity (Wildman–Crippen MR) is 90.0 cm³/mol. The highest BCUT2D eigenvalue weighted by molar-refractivity contribution is 5.90. The van der Waals surface area contributed by atoms with Gasteiger partial charge >= 0.3 is 0 Å². The molecular weight excluding hydrogens is 302 g/mol. The molecule has 0 atom stereocenters. The molecule has 1 heterocycles. The second-order valence-electron chi connectivity index (χ2n) is 5.92. The number of rotatable bonds is 6. The molecule has 1 fully saturated rings. The van der Waals surface area contributed by atoms with E-state index in [0.29, 0.717) is 18.9 Å². The molecule has 0 unspecified atom stereocenters. The van der Waals surface area contributed by atoms with E-state index < -0.39 is 0 Å². The Morgan fingerprint density at radius 3 is 2.64 bits per heavy atom. The lowest BCUT2D eigenvalue weighted by Crippen LogP contribution is -2.50. The second-order valence-corrected chi connectivity index (χ2v) is 5.92. The van der Waals surface area contributed by atoms with E-state index in [1.165, 1.54) is 0 Å². The summed E-state index contributed by atoms with van der Waals surface area (Å²) in [6.45, 7) is 6.04. The Kier molecular flexibility index (Phi) is 7.35. The molecule has 0 radical (unpaired) electrons. The maximum Gasteiger partial charge on any atom is 0.225 e. The Balaban J connectivity index is 0.00000242. The number of benzene rings is 1. The summed E-state index contributed by atoms with van der Waals surface area (Å²) in [7, 11) is 0. The van der Waals surface area contributed by atoms with Crippen molar-refractivity contribution in [2.45, 2.75) is 26.8 Å². The number of nitrogens with one attached hydrogen (secondary N) is 3. The molecule has 1 saturated heterocycles. The van der Waals surface area contributed by atoms with Gasteiger partial charge in [-0.1, -0.05) is 26.0 Å². The van der Waals surface area contributed by atoms with Crippen molar-refractivity contribution in [2.75, 3.05) is 18.4 Å². The van der Waals surface area contributed by atoms with E-state index in [4.69, 9.17) is 0 Å². The summed E-state index contributed by atoms with van der Waals surface area (Å²) in [5.41, 5.74) is 1.76. The zero-order valence-corrected chi connectivity index (χ0v) is 13.8. The fraction of sp³-hybridized carbons (Fsp3) is 0.500. The standard InChI is InChI=1S/C16H23N3O2.ClH/c1-11(2)6-15(20)19-14-5-3-4-12(7-14)8-18-16(21)13-9-17-10-13;/h3-5,7,11,13,17H,6,8-10H2,1-2H3,(H,18,21)(H,19,20);1H. The van der Waals surface area contributed by atoms with Crippen molar-refractivity contribution in [1.82, 2.24) is 10.6 Å². The number of hydrogen-bond acceptors (Lipinski definition) is 3. The number of amides is 2. The summed E-state index contributed by atoms with van der Waals surface area (Å²) >= 11 is 0. The summed E-state index contributed by atoms with van der Waals surface area (Å²) in [6, 6.07) is 7.59. The fourth-order valence-corrected chi connectivity index (χ4v) is 2.15. The van der Waals surface area contributed by atoms with Crippen LogP contribution in [-0.2, 0) is 16.1 Å². The predicted octanol–water partition coefficient (Wildman–Crippen LogP) is 1.93. The first-order valence-corrected chi connectivity index (χ1v) is 7.42. The van der Waals surface area contributed by atoms with Crippen LogP contribution in [0.1, 0.15) is 25.8 Å². The first kappa shape index (κ1) is 18.5. The molecule has 0 aromatic heterocycles. The van der Waals surface area contributed by atoms with Crippen LogP contribution in [0.15, 0.2) is 24.3 Å². The quantitative estimate of drug-likeness (QED) is 0.748. The lowest BCUT2D eigenvalue weighted by atomic mass is 10.0. The highest BCUT2D eigenvalue weighted by atomic mass is 35.5. The van der Waals surface area contributed by atoms with Crippen molar-refractivity contribution in [3.8, 4) is 0 Å². The highest BCUT2D eigenvalue weighted by Gasteiger charge is 2.24. The van der Waals surface area contributed by atoms with Gasteiger partial charge in [0.05, 0.1) is 5.92 Å². The van der Waals surface area contributed by atoms with Crippen LogP contribution in [-0.4, -0.2) is 24.9 Å². The van der Waals surface area contributed by atoms with Crippen LogP contribution in [0.5, 0.6) is 0 Å². The molecule has 1 aliphatic rings. The van der Waals surface area contributed by atoms with Gasteiger partial charge in [0.2, 0.25) is 11.8 Å². The third-order valence-corrected chi connectivity index (χ3v) is 3.42. The van der Waals surface area contributed by atoms with E-state index in [2.05, 4.69) is 16.0 Å². The monoisotopic (exact) mass is 325 g/mol. The van der Waals surface area contributed by atoms with Gasteiger partial charge in [-0.2, -0.15) is 0 Å². The van der Waals surface area contributed by atoms with Gasteiger partial charge < -0.3 is 16.0 Å². The minimum absolute atomic E-state index is 0. The number of carbonyl (C=O) groups excluding carboxylic acids is 2. The molecule has 3 N–H and O–H groups in total. The van der Waals surface area contributed by atoms with Gasteiger partial charge in [0.1, 0.15) is 0 Å². The van der Waals surface area contributed by atoms with E-state index in [0.717, 1.165) is 24.3 Å². The van der Waals surface area contributed by atoms with Crippen LogP contribution in [0.2, 0.25) is 0 Å². The second kappa shape index (κ2) is 8.76. The van der Waals surface area contributed by atoms with Crippen LogP contribution in [0.3, 0.4) is 0 Å². The Hall–Kier alpha value is -1.59. The first-order chi connectivity index (χ1) is 10.0. The maximum absolute atomic E-state index is 11.8. The lowest BCUT2D eigenvalue weighted by Gasteiger charge is -2.25. The Morgan fingerprint density at radius 2 is 2.05 bits per heavy atom. The van der Waals surface area contributed by atoms with E-state index in [1.807, 2.05) is 38.1 Å². The van der Waals surface area contributed by atoms with Crippen LogP contribution in [0.25, 0.3) is 0 Å². The van der Waals surface area contributed by atoms with E-state index >= 15 is 0 Å². The van der Waals surface area contributed by atoms with Crippen LogP contribution < -0.4 is 16.0 Å². The number of carbonyl (C=O) groups is 2. The van der Waals surface area contributed by atoms with Gasteiger partial charge in [0.15, 0.2) is 0 Å². The van der Waals surface area contributed by atoms with Gasteiger partial charge in [-0.15, -0.1) is 12.4 Å².